The molecule has 0 bridgehead atoms. The summed E-state index contributed by atoms with van der Waals surface area (Å²) in [6, 6.07) is 11.7. The molecule has 144 valence electrons. The lowest BCUT2D eigenvalue weighted by molar-refractivity contribution is -0.176. The highest BCUT2D eigenvalue weighted by Gasteiger charge is 2.27. The molecular formula is C19H18F3NO4. The minimum Gasteiger partial charge on any atom is -0.486 e. The second kappa shape index (κ2) is 8.30. The molecule has 0 saturated carbocycles. The van der Waals surface area contributed by atoms with E-state index >= 15 is 0 Å². The van der Waals surface area contributed by atoms with Crippen molar-refractivity contribution in [3.63, 3.8) is 0 Å². The molecular weight excluding hydrogens is 363 g/mol. The maximum atomic E-state index is 12.2. The van der Waals surface area contributed by atoms with Crippen molar-refractivity contribution >= 4 is 5.91 Å². The highest BCUT2D eigenvalue weighted by atomic mass is 19.4. The van der Waals surface area contributed by atoms with Crippen LogP contribution in [0.1, 0.15) is 21.5 Å². The van der Waals surface area contributed by atoms with Gasteiger partial charge in [0.1, 0.15) is 19.8 Å². The van der Waals surface area contributed by atoms with Crippen LogP contribution in [-0.4, -0.2) is 31.9 Å². The second-order valence-corrected chi connectivity index (χ2v) is 5.97. The molecule has 1 aliphatic rings. The van der Waals surface area contributed by atoms with E-state index in [2.05, 4.69) is 10.1 Å². The first-order valence-electron chi connectivity index (χ1n) is 8.31. The number of benzene rings is 2. The average molecular weight is 381 g/mol. The fourth-order valence-electron chi connectivity index (χ4n) is 2.52. The maximum absolute atomic E-state index is 12.2. The quantitative estimate of drug-likeness (QED) is 0.833. The second-order valence-electron chi connectivity index (χ2n) is 5.97. The summed E-state index contributed by atoms with van der Waals surface area (Å²) in [5, 5.41) is 2.79. The van der Waals surface area contributed by atoms with Crippen molar-refractivity contribution in [2.75, 3.05) is 19.8 Å². The smallest absolute Gasteiger partial charge is 0.411 e. The van der Waals surface area contributed by atoms with Gasteiger partial charge in [-0.2, -0.15) is 13.2 Å². The number of halogens is 3. The SMILES string of the molecule is O=C(NCc1ccc2c(c1)OCCO2)c1ccc(COCC(F)(F)F)cc1. The number of hydrogen-bond donors (Lipinski definition) is 1. The van der Waals surface area contributed by atoms with Crippen LogP contribution >= 0.6 is 0 Å². The summed E-state index contributed by atoms with van der Waals surface area (Å²) in [5.74, 6) is 1.04. The predicted molar refractivity (Wildman–Crippen MR) is 90.8 cm³/mol. The van der Waals surface area contributed by atoms with E-state index in [1.54, 1.807) is 30.3 Å². The number of fused-ring (bicyclic) bond motifs is 1. The number of carbonyl (C=O) groups is 1. The van der Waals surface area contributed by atoms with Gasteiger partial charge in [0, 0.05) is 12.1 Å². The number of hydrogen-bond acceptors (Lipinski definition) is 4. The molecule has 1 aliphatic heterocycles. The summed E-state index contributed by atoms with van der Waals surface area (Å²) in [7, 11) is 0. The molecule has 2 aromatic carbocycles. The number of amides is 1. The number of nitrogens with one attached hydrogen (secondary N) is 1. The van der Waals surface area contributed by atoms with Gasteiger partial charge in [0.15, 0.2) is 11.5 Å². The molecule has 0 radical (unpaired) electrons. The molecule has 1 amide bonds. The van der Waals surface area contributed by atoms with Crippen LogP contribution < -0.4 is 14.8 Å². The molecule has 0 saturated heterocycles. The summed E-state index contributed by atoms with van der Waals surface area (Å²) in [6.45, 7) is -0.155. The fraction of sp³-hybridized carbons (Fsp3) is 0.316. The van der Waals surface area contributed by atoms with Gasteiger partial charge in [-0.1, -0.05) is 18.2 Å². The van der Waals surface area contributed by atoms with Gasteiger partial charge in [0.2, 0.25) is 0 Å². The molecule has 1 N–H and O–H groups in total. The summed E-state index contributed by atoms with van der Waals surface area (Å²) >= 11 is 0. The van der Waals surface area contributed by atoms with Gasteiger partial charge in [-0.3, -0.25) is 4.79 Å². The first-order valence-corrected chi connectivity index (χ1v) is 8.31. The van der Waals surface area contributed by atoms with Crippen LogP contribution in [0.2, 0.25) is 0 Å². The van der Waals surface area contributed by atoms with Crippen molar-refractivity contribution in [2.24, 2.45) is 0 Å². The van der Waals surface area contributed by atoms with Gasteiger partial charge >= 0.3 is 6.18 Å². The van der Waals surface area contributed by atoms with Crippen molar-refractivity contribution in [3.05, 3.63) is 59.2 Å². The summed E-state index contributed by atoms with van der Waals surface area (Å²) in [5.41, 5.74) is 1.83. The van der Waals surface area contributed by atoms with Crippen LogP contribution in [-0.2, 0) is 17.9 Å². The number of ether oxygens (including phenoxy) is 3. The predicted octanol–water partition coefficient (Wildman–Crippen LogP) is 3.47. The van der Waals surface area contributed by atoms with Crippen LogP contribution in [0.5, 0.6) is 11.5 Å². The zero-order chi connectivity index (χ0) is 19.3. The topological polar surface area (TPSA) is 56.8 Å². The number of rotatable bonds is 6. The van der Waals surface area contributed by atoms with Gasteiger partial charge in [0.05, 0.1) is 6.61 Å². The highest BCUT2D eigenvalue weighted by molar-refractivity contribution is 5.94. The number of alkyl halides is 3. The Morgan fingerprint density at radius 3 is 2.37 bits per heavy atom. The van der Waals surface area contributed by atoms with Gasteiger partial charge < -0.3 is 19.5 Å². The van der Waals surface area contributed by atoms with E-state index in [0.717, 1.165) is 5.56 Å². The van der Waals surface area contributed by atoms with Gasteiger partial charge in [-0.15, -0.1) is 0 Å². The number of carbonyl (C=O) groups excluding carboxylic acids is 1. The molecule has 5 nitrogen and oxygen atoms in total. The van der Waals surface area contributed by atoms with Crippen molar-refractivity contribution in [1.82, 2.24) is 5.32 Å². The van der Waals surface area contributed by atoms with Crippen molar-refractivity contribution in [1.29, 1.82) is 0 Å². The first kappa shape index (κ1) is 19.0. The molecule has 8 heteroatoms. The molecule has 0 fully saturated rings. The Bertz CT molecular complexity index is 791. The summed E-state index contributed by atoms with van der Waals surface area (Å²) in [4.78, 5) is 12.2. The molecule has 0 atom stereocenters. The van der Waals surface area contributed by atoms with Crippen LogP contribution in [0.15, 0.2) is 42.5 Å². The van der Waals surface area contributed by atoms with Gasteiger partial charge in [0.25, 0.3) is 5.91 Å². The lowest BCUT2D eigenvalue weighted by atomic mass is 10.1. The molecule has 1 heterocycles. The highest BCUT2D eigenvalue weighted by Crippen LogP contribution is 2.30. The monoisotopic (exact) mass is 381 g/mol. The summed E-state index contributed by atoms with van der Waals surface area (Å²) < 4.78 is 51.7. The lowest BCUT2D eigenvalue weighted by Gasteiger charge is -2.19. The molecule has 0 spiro atoms. The molecule has 3 rings (SSSR count). The third kappa shape index (κ3) is 5.62. The Labute approximate surface area is 154 Å². The Balaban J connectivity index is 1.51. The lowest BCUT2D eigenvalue weighted by Crippen LogP contribution is -2.23. The van der Waals surface area contributed by atoms with Crippen molar-refractivity contribution in [2.45, 2.75) is 19.3 Å². The Hall–Kier alpha value is -2.74. The molecule has 2 aromatic rings. The zero-order valence-electron chi connectivity index (χ0n) is 14.3. The van der Waals surface area contributed by atoms with E-state index in [4.69, 9.17) is 9.47 Å². The van der Waals surface area contributed by atoms with E-state index in [0.29, 0.717) is 42.4 Å². The van der Waals surface area contributed by atoms with E-state index in [1.807, 2.05) is 12.1 Å². The largest absolute Gasteiger partial charge is 0.486 e. The zero-order valence-corrected chi connectivity index (χ0v) is 14.3. The molecule has 0 aliphatic carbocycles. The van der Waals surface area contributed by atoms with E-state index in [-0.39, 0.29) is 12.5 Å². The first-order chi connectivity index (χ1) is 12.9. The summed E-state index contributed by atoms with van der Waals surface area (Å²) in [6.07, 6.45) is -4.35. The standard InChI is InChI=1S/C19H18F3NO4/c20-19(21,22)12-25-11-13-1-4-15(5-2-13)18(24)23-10-14-3-6-16-17(9-14)27-8-7-26-16/h1-6,9H,7-8,10-12H2,(H,23,24). The Kier molecular flexibility index (Phi) is 5.85. The molecule has 0 unspecified atom stereocenters. The minimum absolute atomic E-state index is 0.168. The van der Waals surface area contributed by atoms with Crippen LogP contribution in [0, 0.1) is 0 Å². The molecule has 27 heavy (non-hydrogen) atoms. The average Bonchev–Trinajstić information content (AvgIpc) is 2.65. The Morgan fingerprint density at radius 2 is 1.67 bits per heavy atom. The fourth-order valence-corrected chi connectivity index (χ4v) is 2.52. The maximum Gasteiger partial charge on any atom is 0.411 e. The van der Waals surface area contributed by atoms with Gasteiger partial charge in [-0.25, -0.2) is 0 Å². The normalized spacial score (nSPS) is 13.3. The van der Waals surface area contributed by atoms with Gasteiger partial charge in [-0.05, 0) is 35.4 Å². The molecule has 0 aromatic heterocycles. The van der Waals surface area contributed by atoms with Crippen LogP contribution in [0.25, 0.3) is 0 Å². The minimum atomic E-state index is -4.35. The van der Waals surface area contributed by atoms with E-state index in [9.17, 15) is 18.0 Å². The van der Waals surface area contributed by atoms with Crippen LogP contribution in [0.3, 0.4) is 0 Å². The van der Waals surface area contributed by atoms with E-state index in [1.165, 1.54) is 0 Å². The van der Waals surface area contributed by atoms with Crippen molar-refractivity contribution < 1.29 is 32.2 Å². The Morgan fingerprint density at radius 1 is 1.00 bits per heavy atom. The van der Waals surface area contributed by atoms with Crippen LogP contribution in [0.4, 0.5) is 13.2 Å². The third-order valence-corrected chi connectivity index (χ3v) is 3.81. The third-order valence-electron chi connectivity index (χ3n) is 3.81. The van der Waals surface area contributed by atoms with Crippen molar-refractivity contribution in [3.8, 4) is 11.5 Å². The van der Waals surface area contributed by atoms with E-state index < -0.39 is 12.8 Å².